The van der Waals surface area contributed by atoms with E-state index in [0.29, 0.717) is 32.0 Å². The maximum Gasteiger partial charge on any atom is 0.224 e. The highest BCUT2D eigenvalue weighted by Crippen LogP contribution is 2.06. The molecule has 0 aliphatic carbocycles. The highest BCUT2D eigenvalue weighted by molar-refractivity contribution is 6.18. The molecule has 0 heterocycles. The van der Waals surface area contributed by atoms with Crippen molar-refractivity contribution >= 4 is 17.5 Å². The lowest BCUT2D eigenvalue weighted by atomic mass is 10.2. The number of nitrogens with zero attached hydrogens (tertiary/aromatic N) is 1. The zero-order chi connectivity index (χ0) is 12.5. The maximum atomic E-state index is 11.8. The van der Waals surface area contributed by atoms with E-state index in [1.807, 2.05) is 30.3 Å². The number of carbonyl (C=O) groups is 1. The number of hydrogen-bond acceptors (Lipinski definition) is 2. The summed E-state index contributed by atoms with van der Waals surface area (Å²) in [5.74, 6) is 0.429. The van der Waals surface area contributed by atoms with E-state index in [1.54, 1.807) is 12.0 Å². The first-order valence-corrected chi connectivity index (χ1v) is 6.18. The molecule has 1 rings (SSSR count). The molecule has 17 heavy (non-hydrogen) atoms. The van der Waals surface area contributed by atoms with Gasteiger partial charge in [-0.3, -0.25) is 4.79 Å². The van der Waals surface area contributed by atoms with Gasteiger partial charge in [-0.15, -0.1) is 11.6 Å². The predicted molar refractivity (Wildman–Crippen MR) is 69.1 cm³/mol. The van der Waals surface area contributed by atoms with E-state index in [1.165, 1.54) is 0 Å². The van der Waals surface area contributed by atoms with Gasteiger partial charge in [0.05, 0.1) is 6.61 Å². The van der Waals surface area contributed by atoms with Gasteiger partial charge in [0.1, 0.15) is 0 Å². The topological polar surface area (TPSA) is 29.5 Å². The molecule has 94 valence electrons. The summed E-state index contributed by atoms with van der Waals surface area (Å²) in [4.78, 5) is 13.6. The second kappa shape index (κ2) is 8.09. The van der Waals surface area contributed by atoms with E-state index in [4.69, 9.17) is 16.3 Å². The van der Waals surface area contributed by atoms with Gasteiger partial charge in [-0.2, -0.15) is 0 Å². The number of amides is 1. The lowest BCUT2D eigenvalue weighted by molar-refractivity contribution is -0.132. The monoisotopic (exact) mass is 255 g/mol. The molecule has 1 amide bonds. The summed E-state index contributed by atoms with van der Waals surface area (Å²) < 4.78 is 5.01. The van der Waals surface area contributed by atoms with Crippen LogP contribution < -0.4 is 0 Å². The molecule has 0 N–H and O–H groups in total. The molecule has 0 aliphatic heterocycles. The van der Waals surface area contributed by atoms with Gasteiger partial charge in [-0.05, 0) is 5.56 Å². The molecule has 0 unspecified atom stereocenters. The largest absolute Gasteiger partial charge is 0.383 e. The van der Waals surface area contributed by atoms with Crippen molar-refractivity contribution in [1.82, 2.24) is 4.90 Å². The van der Waals surface area contributed by atoms with Crippen LogP contribution in [0, 0.1) is 0 Å². The second-order valence-corrected chi connectivity index (χ2v) is 4.11. The normalized spacial score (nSPS) is 10.2. The van der Waals surface area contributed by atoms with Gasteiger partial charge in [-0.25, -0.2) is 0 Å². The Labute approximate surface area is 107 Å². The van der Waals surface area contributed by atoms with Crippen LogP contribution in [0.25, 0.3) is 0 Å². The van der Waals surface area contributed by atoms with Crippen molar-refractivity contribution in [3.63, 3.8) is 0 Å². The molecule has 0 saturated carbocycles. The van der Waals surface area contributed by atoms with E-state index >= 15 is 0 Å². The fraction of sp³-hybridized carbons (Fsp3) is 0.462. The Bertz CT molecular complexity index is 329. The highest BCUT2D eigenvalue weighted by Gasteiger charge is 2.12. The SMILES string of the molecule is COCCN(Cc1ccccc1)C(=O)CCCl. The molecule has 3 nitrogen and oxygen atoms in total. The molecule has 0 bridgehead atoms. The molecule has 0 fully saturated rings. The van der Waals surface area contributed by atoms with Gasteiger partial charge in [0.2, 0.25) is 5.91 Å². The molecular formula is C13H18ClNO2. The van der Waals surface area contributed by atoms with Gasteiger partial charge in [0, 0.05) is 32.5 Å². The minimum Gasteiger partial charge on any atom is -0.383 e. The molecular weight excluding hydrogens is 238 g/mol. The number of methoxy groups -OCH3 is 1. The van der Waals surface area contributed by atoms with E-state index in [-0.39, 0.29) is 5.91 Å². The van der Waals surface area contributed by atoms with E-state index < -0.39 is 0 Å². The van der Waals surface area contributed by atoms with Gasteiger partial charge in [0.15, 0.2) is 0 Å². The highest BCUT2D eigenvalue weighted by atomic mass is 35.5. The summed E-state index contributed by atoms with van der Waals surface area (Å²) in [6.07, 6.45) is 0.373. The first-order chi connectivity index (χ1) is 8.27. The van der Waals surface area contributed by atoms with Crippen molar-refractivity contribution in [2.75, 3.05) is 26.1 Å². The molecule has 0 aromatic heterocycles. The minimum absolute atomic E-state index is 0.0703. The molecule has 0 spiro atoms. The summed E-state index contributed by atoms with van der Waals surface area (Å²) in [6.45, 7) is 1.75. The Kier molecular flexibility index (Phi) is 6.67. The third kappa shape index (κ3) is 5.20. The van der Waals surface area contributed by atoms with E-state index in [0.717, 1.165) is 5.56 Å². The van der Waals surface area contributed by atoms with Gasteiger partial charge >= 0.3 is 0 Å². The molecule has 0 aliphatic rings. The van der Waals surface area contributed by atoms with Crippen molar-refractivity contribution in [3.8, 4) is 0 Å². The van der Waals surface area contributed by atoms with Crippen LogP contribution in [-0.4, -0.2) is 36.9 Å². The zero-order valence-corrected chi connectivity index (χ0v) is 10.8. The molecule has 0 radical (unpaired) electrons. The Morgan fingerprint density at radius 1 is 1.35 bits per heavy atom. The maximum absolute atomic E-state index is 11.8. The van der Waals surface area contributed by atoms with Crippen molar-refractivity contribution in [3.05, 3.63) is 35.9 Å². The Hall–Kier alpha value is -1.06. The molecule has 1 aromatic carbocycles. The third-order valence-electron chi connectivity index (χ3n) is 2.44. The van der Waals surface area contributed by atoms with Crippen molar-refractivity contribution in [1.29, 1.82) is 0 Å². The summed E-state index contributed by atoms with van der Waals surface area (Å²) in [7, 11) is 1.63. The van der Waals surface area contributed by atoms with Crippen molar-refractivity contribution in [2.45, 2.75) is 13.0 Å². The number of rotatable bonds is 7. The van der Waals surface area contributed by atoms with E-state index in [2.05, 4.69) is 0 Å². The smallest absolute Gasteiger partial charge is 0.224 e. The van der Waals surface area contributed by atoms with Crippen LogP contribution in [0.15, 0.2) is 30.3 Å². The van der Waals surface area contributed by atoms with Gasteiger partial charge < -0.3 is 9.64 Å². The van der Waals surface area contributed by atoms with Crippen LogP contribution in [-0.2, 0) is 16.1 Å². The zero-order valence-electron chi connectivity index (χ0n) is 10.1. The van der Waals surface area contributed by atoms with Gasteiger partial charge in [-0.1, -0.05) is 30.3 Å². The summed E-state index contributed by atoms with van der Waals surface area (Å²) in [6, 6.07) is 9.91. The number of alkyl halides is 1. The van der Waals surface area contributed by atoms with E-state index in [9.17, 15) is 4.79 Å². The predicted octanol–water partition coefficient (Wildman–Crippen LogP) is 2.29. The summed E-state index contributed by atoms with van der Waals surface area (Å²) >= 11 is 5.60. The van der Waals surface area contributed by atoms with Crippen LogP contribution in [0.3, 0.4) is 0 Å². The van der Waals surface area contributed by atoms with Crippen molar-refractivity contribution < 1.29 is 9.53 Å². The standard InChI is InChI=1S/C13H18ClNO2/c1-17-10-9-15(13(16)7-8-14)11-12-5-3-2-4-6-12/h2-6H,7-11H2,1H3. The average molecular weight is 256 g/mol. The summed E-state index contributed by atoms with van der Waals surface area (Å²) in [5.41, 5.74) is 1.12. The lowest BCUT2D eigenvalue weighted by Gasteiger charge is -2.22. The fourth-order valence-electron chi connectivity index (χ4n) is 1.54. The second-order valence-electron chi connectivity index (χ2n) is 3.73. The lowest BCUT2D eigenvalue weighted by Crippen LogP contribution is -2.33. The number of carbonyl (C=O) groups excluding carboxylic acids is 1. The number of halogens is 1. The summed E-state index contributed by atoms with van der Waals surface area (Å²) in [5, 5.41) is 0. The van der Waals surface area contributed by atoms with Crippen molar-refractivity contribution in [2.24, 2.45) is 0 Å². The quantitative estimate of drug-likeness (QED) is 0.700. The Morgan fingerprint density at radius 3 is 2.65 bits per heavy atom. The molecule has 1 aromatic rings. The van der Waals surface area contributed by atoms with Crippen LogP contribution in [0.1, 0.15) is 12.0 Å². The molecule has 4 heteroatoms. The number of benzene rings is 1. The number of hydrogen-bond donors (Lipinski definition) is 0. The Morgan fingerprint density at radius 2 is 2.06 bits per heavy atom. The van der Waals surface area contributed by atoms with Crippen LogP contribution in [0.2, 0.25) is 0 Å². The van der Waals surface area contributed by atoms with Gasteiger partial charge in [0.25, 0.3) is 0 Å². The minimum atomic E-state index is 0.0703. The third-order valence-corrected chi connectivity index (χ3v) is 2.63. The first kappa shape index (κ1) is 14.0. The molecule has 0 atom stereocenters. The molecule has 0 saturated heterocycles. The fourth-order valence-corrected chi connectivity index (χ4v) is 1.70. The van der Waals surface area contributed by atoms with Crippen LogP contribution >= 0.6 is 11.6 Å². The number of ether oxygens (including phenoxy) is 1. The van der Waals surface area contributed by atoms with Crippen LogP contribution in [0.5, 0.6) is 0 Å². The average Bonchev–Trinajstić information content (AvgIpc) is 2.36. The first-order valence-electron chi connectivity index (χ1n) is 5.64. The Balaban J connectivity index is 2.59. The van der Waals surface area contributed by atoms with Crippen LogP contribution in [0.4, 0.5) is 0 Å².